The summed E-state index contributed by atoms with van der Waals surface area (Å²) in [6.45, 7) is 10.1. The van der Waals surface area contributed by atoms with Gasteiger partial charge in [0.2, 0.25) is 0 Å². The van der Waals surface area contributed by atoms with Crippen molar-refractivity contribution in [3.63, 3.8) is 0 Å². The second-order valence-electron chi connectivity index (χ2n) is 7.40. The monoisotopic (exact) mass is 653 g/mol. The van der Waals surface area contributed by atoms with E-state index < -0.39 is 8.80 Å². The summed E-state index contributed by atoms with van der Waals surface area (Å²) >= 11 is 1.75. The van der Waals surface area contributed by atoms with Gasteiger partial charge in [-0.3, -0.25) is 0 Å². The van der Waals surface area contributed by atoms with Crippen molar-refractivity contribution in [3.8, 4) is 0 Å². The van der Waals surface area contributed by atoms with E-state index >= 15 is 0 Å². The molecule has 0 aliphatic heterocycles. The van der Waals surface area contributed by atoms with Crippen molar-refractivity contribution in [2.45, 2.75) is 55.8 Å². The normalized spacial score (nSPS) is 12.0. The Balaban J connectivity index is 1.41. The molecule has 13 heteroatoms. The minimum atomic E-state index is -2.59. The fraction of sp³-hybridized carbons (Fsp3) is 0.435. The Morgan fingerprint density at radius 3 is 2.19 bits per heavy atom. The number of aryl methyl sites for hydroxylation is 2. The van der Waals surface area contributed by atoms with Crippen LogP contribution in [0.3, 0.4) is 0 Å². The van der Waals surface area contributed by atoms with Crippen LogP contribution in [0.1, 0.15) is 38.3 Å². The van der Waals surface area contributed by atoms with E-state index in [0.717, 1.165) is 28.7 Å². The van der Waals surface area contributed by atoms with Gasteiger partial charge in [-0.2, -0.15) is 0 Å². The Labute approximate surface area is 246 Å². The molecule has 1 aromatic heterocycles. The van der Waals surface area contributed by atoms with Crippen LogP contribution in [0.2, 0.25) is 6.04 Å². The molecule has 3 rings (SSSR count). The van der Waals surface area contributed by atoms with Gasteiger partial charge in [0.15, 0.2) is 4.34 Å². The Morgan fingerprint density at radius 1 is 0.833 bits per heavy atom. The maximum Gasteiger partial charge on any atom is 0.500 e. The van der Waals surface area contributed by atoms with Gasteiger partial charge < -0.3 is 13.3 Å². The average molecular weight is 654 g/mol. The molecule has 0 saturated heterocycles. The van der Waals surface area contributed by atoms with E-state index in [0.29, 0.717) is 19.8 Å². The standard InChI is InChI=1S/C23H31NO3S8Si/c1-5-25-36(26-6-2,27-7-3)16-10-11-19-17-18(4)14-15-21(19)29-31-33-35-34-32-30-23-24-20-12-8-9-13-22(20)28-23/h8-9,12-15,17H,5-7,10-11,16H2,1-4H3. The molecule has 0 amide bonds. The van der Waals surface area contributed by atoms with Crippen molar-refractivity contribution >= 4 is 101 Å². The number of thiazole rings is 1. The second kappa shape index (κ2) is 17.5. The topological polar surface area (TPSA) is 40.6 Å². The first-order chi connectivity index (χ1) is 17.6. The number of nitrogens with zero attached hydrogens (tertiary/aromatic N) is 1. The molecular weight excluding hydrogens is 623 g/mol. The van der Waals surface area contributed by atoms with Crippen molar-refractivity contribution < 1.29 is 13.3 Å². The van der Waals surface area contributed by atoms with Gasteiger partial charge in [0.25, 0.3) is 0 Å². The van der Waals surface area contributed by atoms with Crippen LogP contribution >= 0.6 is 82.1 Å². The van der Waals surface area contributed by atoms with Crippen LogP contribution in [0.25, 0.3) is 10.2 Å². The Kier molecular flexibility index (Phi) is 15.3. The van der Waals surface area contributed by atoms with Crippen LogP contribution in [0.15, 0.2) is 51.7 Å². The van der Waals surface area contributed by atoms with Gasteiger partial charge in [-0.05, 0) is 135 Å². The molecule has 0 N–H and O–H groups in total. The number of hydrogen-bond donors (Lipinski definition) is 0. The lowest BCUT2D eigenvalue weighted by Gasteiger charge is -2.28. The van der Waals surface area contributed by atoms with Crippen LogP contribution < -0.4 is 0 Å². The second-order valence-corrected chi connectivity index (χ2v) is 22.4. The minimum absolute atomic E-state index is 0.624. The van der Waals surface area contributed by atoms with Gasteiger partial charge in [-0.1, -0.05) is 29.8 Å². The summed E-state index contributed by atoms with van der Waals surface area (Å²) in [5.41, 5.74) is 3.77. The number of para-hydroxylation sites is 1. The molecule has 0 bridgehead atoms. The molecule has 0 aliphatic rings. The first-order valence-corrected chi connectivity index (χ1v) is 23.2. The number of hydrogen-bond acceptors (Lipinski definition) is 12. The third-order valence-electron chi connectivity index (χ3n) is 4.85. The highest BCUT2D eigenvalue weighted by molar-refractivity contribution is 9.46. The first kappa shape index (κ1) is 31.4. The van der Waals surface area contributed by atoms with Crippen molar-refractivity contribution in [1.82, 2.24) is 4.98 Å². The van der Waals surface area contributed by atoms with Gasteiger partial charge >= 0.3 is 8.80 Å². The number of aromatic nitrogens is 1. The lowest BCUT2D eigenvalue weighted by molar-refractivity contribution is 0.0708. The minimum Gasteiger partial charge on any atom is -0.374 e. The molecule has 2 aromatic carbocycles. The van der Waals surface area contributed by atoms with E-state index in [1.54, 1.807) is 61.4 Å². The van der Waals surface area contributed by atoms with Crippen LogP contribution in [0, 0.1) is 6.92 Å². The molecule has 0 aliphatic carbocycles. The molecule has 1 heterocycles. The zero-order valence-electron chi connectivity index (χ0n) is 20.7. The zero-order chi connectivity index (χ0) is 25.6. The summed E-state index contributed by atoms with van der Waals surface area (Å²) in [6, 6.07) is 15.9. The number of rotatable bonds is 18. The maximum atomic E-state index is 6.03. The summed E-state index contributed by atoms with van der Waals surface area (Å²) in [5.74, 6) is 0. The largest absolute Gasteiger partial charge is 0.500 e. The molecule has 0 atom stereocenters. The Morgan fingerprint density at radius 2 is 1.50 bits per heavy atom. The highest BCUT2D eigenvalue weighted by Crippen LogP contribution is 2.58. The van der Waals surface area contributed by atoms with E-state index in [9.17, 15) is 0 Å². The zero-order valence-corrected chi connectivity index (χ0v) is 28.3. The van der Waals surface area contributed by atoms with Gasteiger partial charge in [-0.25, -0.2) is 4.98 Å². The van der Waals surface area contributed by atoms with Crippen molar-refractivity contribution in [2.24, 2.45) is 0 Å². The van der Waals surface area contributed by atoms with E-state index in [-0.39, 0.29) is 0 Å². The Bertz CT molecular complexity index is 1010. The molecule has 4 nitrogen and oxygen atoms in total. The van der Waals surface area contributed by atoms with E-state index in [4.69, 9.17) is 13.3 Å². The lowest BCUT2D eigenvalue weighted by atomic mass is 10.1. The van der Waals surface area contributed by atoms with Crippen LogP contribution in [-0.2, 0) is 19.7 Å². The molecule has 0 fully saturated rings. The molecule has 36 heavy (non-hydrogen) atoms. The number of benzene rings is 2. The lowest BCUT2D eigenvalue weighted by Crippen LogP contribution is -2.46. The van der Waals surface area contributed by atoms with Crippen LogP contribution in [-0.4, -0.2) is 33.6 Å². The predicted octanol–water partition coefficient (Wildman–Crippen LogP) is 10.6. The summed E-state index contributed by atoms with van der Waals surface area (Å²) in [5, 5.41) is 0. The fourth-order valence-electron chi connectivity index (χ4n) is 3.50. The van der Waals surface area contributed by atoms with Gasteiger partial charge in [-0.15, -0.1) is 11.3 Å². The predicted molar refractivity (Wildman–Crippen MR) is 174 cm³/mol. The molecule has 0 saturated carbocycles. The number of fused-ring (bicyclic) bond motifs is 1. The fourth-order valence-corrected chi connectivity index (χ4v) is 21.6. The van der Waals surface area contributed by atoms with Crippen LogP contribution in [0.5, 0.6) is 0 Å². The van der Waals surface area contributed by atoms with Crippen molar-refractivity contribution in [3.05, 3.63) is 53.6 Å². The Hall–Kier alpha value is 0.877. The molecule has 3 aromatic rings. The summed E-state index contributed by atoms with van der Waals surface area (Å²) in [7, 11) is 9.95. The van der Waals surface area contributed by atoms with Crippen molar-refractivity contribution in [1.29, 1.82) is 0 Å². The SMILES string of the molecule is CCO[Si](CCCc1cc(C)ccc1SSSSSSSc1nc2ccccc2s1)(OCC)OCC. The smallest absolute Gasteiger partial charge is 0.374 e. The van der Waals surface area contributed by atoms with Gasteiger partial charge in [0.05, 0.1) is 10.2 Å². The molecular formula is C23H31NO3S8Si. The highest BCUT2D eigenvalue weighted by Gasteiger charge is 2.39. The van der Waals surface area contributed by atoms with E-state index in [1.807, 2.05) is 47.5 Å². The third-order valence-corrected chi connectivity index (χ3v) is 22.1. The first-order valence-electron chi connectivity index (χ1n) is 11.6. The van der Waals surface area contributed by atoms with Gasteiger partial charge in [0.1, 0.15) is 0 Å². The van der Waals surface area contributed by atoms with E-state index in [2.05, 4.69) is 48.3 Å². The summed E-state index contributed by atoms with van der Waals surface area (Å²) in [4.78, 5) is 6.00. The third kappa shape index (κ3) is 10.5. The molecule has 0 radical (unpaired) electrons. The maximum absolute atomic E-state index is 6.03. The van der Waals surface area contributed by atoms with Gasteiger partial charge in [0, 0.05) is 30.8 Å². The molecule has 198 valence electrons. The quantitative estimate of drug-likeness (QED) is 0.0748. The summed E-state index contributed by atoms with van der Waals surface area (Å²) in [6.07, 6.45) is 1.99. The highest BCUT2D eigenvalue weighted by atomic mass is 33.9. The molecule has 0 unspecified atom stereocenters. The van der Waals surface area contributed by atoms with Crippen LogP contribution in [0.4, 0.5) is 0 Å². The summed E-state index contributed by atoms with van der Waals surface area (Å²) < 4.78 is 20.4. The average Bonchev–Trinajstić information content (AvgIpc) is 3.28. The molecule has 0 spiro atoms. The van der Waals surface area contributed by atoms with Crippen molar-refractivity contribution in [2.75, 3.05) is 19.8 Å². The van der Waals surface area contributed by atoms with E-state index in [1.165, 1.54) is 20.7 Å².